The van der Waals surface area contributed by atoms with E-state index in [0.717, 1.165) is 0 Å². The summed E-state index contributed by atoms with van der Waals surface area (Å²) in [7, 11) is -4.14. The van der Waals surface area contributed by atoms with Gasteiger partial charge < -0.3 is 5.32 Å². The summed E-state index contributed by atoms with van der Waals surface area (Å²) >= 11 is 12.0. The minimum absolute atomic E-state index is 0.000267. The summed E-state index contributed by atoms with van der Waals surface area (Å²) in [5.41, 5.74) is 1.37. The van der Waals surface area contributed by atoms with Crippen LogP contribution < -0.4 is 10.0 Å². The van der Waals surface area contributed by atoms with Crippen molar-refractivity contribution < 1.29 is 12.8 Å². The Morgan fingerprint density at radius 3 is 2.23 bits per heavy atom. The molecule has 1 aromatic heterocycles. The third-order valence-electron chi connectivity index (χ3n) is 4.07. The van der Waals surface area contributed by atoms with Gasteiger partial charge in [-0.25, -0.2) is 22.8 Å². The van der Waals surface area contributed by atoms with Crippen LogP contribution in [-0.2, 0) is 10.0 Å². The summed E-state index contributed by atoms with van der Waals surface area (Å²) < 4.78 is 41.9. The van der Waals surface area contributed by atoms with E-state index in [9.17, 15) is 12.8 Å². The summed E-state index contributed by atoms with van der Waals surface area (Å²) in [5, 5.41) is 3.12. The average molecular weight is 463 g/mol. The molecule has 4 aromatic rings. The molecule has 0 atom stereocenters. The molecule has 6 nitrogen and oxygen atoms in total. The Kier molecular flexibility index (Phi) is 5.46. The lowest BCUT2D eigenvalue weighted by atomic mass is 10.3. The predicted molar refractivity (Wildman–Crippen MR) is 116 cm³/mol. The van der Waals surface area contributed by atoms with Crippen molar-refractivity contribution >= 4 is 61.6 Å². The lowest BCUT2D eigenvalue weighted by Gasteiger charge is -2.14. The zero-order chi connectivity index (χ0) is 21.3. The van der Waals surface area contributed by atoms with Crippen LogP contribution in [-0.4, -0.2) is 18.4 Å². The molecule has 0 saturated carbocycles. The summed E-state index contributed by atoms with van der Waals surface area (Å²) in [6, 6.07) is 16.7. The van der Waals surface area contributed by atoms with Crippen molar-refractivity contribution in [3.8, 4) is 0 Å². The summed E-state index contributed by atoms with van der Waals surface area (Å²) in [4.78, 5) is 8.60. The fraction of sp³-hybridized carbons (Fsp3) is 0. The zero-order valence-corrected chi connectivity index (χ0v) is 17.4. The number of rotatable bonds is 5. The molecule has 152 valence electrons. The quantitative estimate of drug-likeness (QED) is 0.402. The van der Waals surface area contributed by atoms with Crippen LogP contribution in [0.2, 0.25) is 10.0 Å². The third kappa shape index (κ3) is 4.30. The van der Waals surface area contributed by atoms with Crippen LogP contribution in [0.25, 0.3) is 11.0 Å². The van der Waals surface area contributed by atoms with Crippen LogP contribution in [0, 0.1) is 5.82 Å². The van der Waals surface area contributed by atoms with E-state index in [1.165, 1.54) is 36.4 Å². The lowest BCUT2D eigenvalue weighted by Crippen LogP contribution is -2.16. The number of aromatic nitrogens is 2. The second kappa shape index (κ2) is 8.06. The molecule has 0 radical (unpaired) electrons. The first-order valence-electron chi connectivity index (χ1n) is 8.59. The molecule has 0 aliphatic rings. The van der Waals surface area contributed by atoms with E-state index in [-0.39, 0.29) is 26.6 Å². The van der Waals surface area contributed by atoms with Crippen molar-refractivity contribution in [3.63, 3.8) is 0 Å². The van der Waals surface area contributed by atoms with Gasteiger partial charge in [-0.05, 0) is 48.5 Å². The molecule has 30 heavy (non-hydrogen) atoms. The maximum Gasteiger partial charge on any atom is 0.264 e. The highest BCUT2D eigenvalue weighted by atomic mass is 35.5. The molecule has 0 saturated heterocycles. The van der Waals surface area contributed by atoms with Gasteiger partial charge in [-0.15, -0.1) is 0 Å². The smallest absolute Gasteiger partial charge is 0.264 e. The van der Waals surface area contributed by atoms with Gasteiger partial charge in [0.15, 0.2) is 11.6 Å². The standard InChI is InChI=1S/C20H13Cl2FN4O2S/c21-12-8-9-15(22)18(10-12)30(28,29)27-20-19(24-14-5-3-4-13(23)11-14)25-16-6-1-2-7-17(16)26-20/h1-11H,(H,24,25)(H,26,27). The van der Waals surface area contributed by atoms with Gasteiger partial charge in [-0.3, -0.25) is 4.72 Å². The molecule has 1 heterocycles. The van der Waals surface area contributed by atoms with Gasteiger partial charge in [-0.1, -0.05) is 41.4 Å². The number of anilines is 3. The number of fused-ring (bicyclic) bond motifs is 1. The van der Waals surface area contributed by atoms with Gasteiger partial charge >= 0.3 is 0 Å². The van der Waals surface area contributed by atoms with Crippen molar-refractivity contribution in [1.82, 2.24) is 9.97 Å². The Labute approximate surface area is 181 Å². The molecular weight excluding hydrogens is 450 g/mol. The van der Waals surface area contributed by atoms with E-state index in [1.54, 1.807) is 30.3 Å². The van der Waals surface area contributed by atoms with E-state index in [4.69, 9.17) is 23.2 Å². The average Bonchev–Trinajstić information content (AvgIpc) is 2.70. The highest BCUT2D eigenvalue weighted by Gasteiger charge is 2.22. The molecule has 0 unspecified atom stereocenters. The summed E-state index contributed by atoms with van der Waals surface area (Å²) in [5.74, 6) is -0.434. The molecule has 0 aliphatic carbocycles. The largest absolute Gasteiger partial charge is 0.337 e. The van der Waals surface area contributed by atoms with Crippen LogP contribution in [0.1, 0.15) is 0 Å². The Balaban J connectivity index is 1.81. The topological polar surface area (TPSA) is 84.0 Å². The van der Waals surface area contributed by atoms with Crippen LogP contribution >= 0.6 is 23.2 Å². The Bertz CT molecular complexity index is 1370. The molecule has 10 heteroatoms. The summed E-state index contributed by atoms with van der Waals surface area (Å²) in [6.07, 6.45) is 0. The van der Waals surface area contributed by atoms with Crippen LogP contribution in [0.3, 0.4) is 0 Å². The first-order chi connectivity index (χ1) is 14.3. The van der Waals surface area contributed by atoms with Gasteiger partial charge in [0.1, 0.15) is 10.7 Å². The van der Waals surface area contributed by atoms with Crippen LogP contribution in [0.4, 0.5) is 21.7 Å². The third-order valence-corrected chi connectivity index (χ3v) is 6.13. The number of benzene rings is 3. The number of para-hydroxylation sites is 2. The van der Waals surface area contributed by atoms with Gasteiger partial charge in [0.2, 0.25) is 0 Å². The maximum atomic E-state index is 13.6. The minimum Gasteiger partial charge on any atom is -0.337 e. The van der Waals surface area contributed by atoms with Crippen molar-refractivity contribution in [2.45, 2.75) is 4.90 Å². The Morgan fingerprint density at radius 1 is 0.833 bits per heavy atom. The Hall–Kier alpha value is -2.94. The minimum atomic E-state index is -4.14. The van der Waals surface area contributed by atoms with Crippen LogP contribution in [0.15, 0.2) is 71.6 Å². The highest BCUT2D eigenvalue weighted by molar-refractivity contribution is 7.92. The first-order valence-corrected chi connectivity index (χ1v) is 10.8. The van der Waals surface area contributed by atoms with E-state index >= 15 is 0 Å². The zero-order valence-electron chi connectivity index (χ0n) is 15.1. The fourth-order valence-corrected chi connectivity index (χ4v) is 4.50. The van der Waals surface area contributed by atoms with E-state index in [2.05, 4.69) is 20.0 Å². The normalized spacial score (nSPS) is 11.4. The fourth-order valence-electron chi connectivity index (χ4n) is 2.73. The van der Waals surface area contributed by atoms with Crippen molar-refractivity contribution in [2.24, 2.45) is 0 Å². The second-order valence-corrected chi connectivity index (χ2v) is 8.72. The Morgan fingerprint density at radius 2 is 1.53 bits per heavy atom. The van der Waals surface area contributed by atoms with Gasteiger partial charge in [0.05, 0.1) is 16.1 Å². The molecule has 0 amide bonds. The maximum absolute atomic E-state index is 13.6. The van der Waals surface area contributed by atoms with Crippen molar-refractivity contribution in [1.29, 1.82) is 0 Å². The van der Waals surface area contributed by atoms with Crippen molar-refractivity contribution in [3.05, 3.63) is 82.6 Å². The number of hydrogen-bond acceptors (Lipinski definition) is 5. The van der Waals surface area contributed by atoms with Gasteiger partial charge in [0.25, 0.3) is 10.0 Å². The van der Waals surface area contributed by atoms with E-state index in [0.29, 0.717) is 16.7 Å². The van der Waals surface area contributed by atoms with Crippen molar-refractivity contribution in [2.75, 3.05) is 10.0 Å². The number of nitrogens with one attached hydrogen (secondary N) is 2. The molecule has 4 rings (SSSR count). The number of nitrogens with zero attached hydrogens (tertiary/aromatic N) is 2. The summed E-state index contributed by atoms with van der Waals surface area (Å²) in [6.45, 7) is 0. The van der Waals surface area contributed by atoms with Gasteiger partial charge in [0, 0.05) is 10.7 Å². The number of halogens is 3. The molecule has 3 aromatic carbocycles. The monoisotopic (exact) mass is 462 g/mol. The van der Waals surface area contributed by atoms with Crippen LogP contribution in [0.5, 0.6) is 0 Å². The molecule has 0 bridgehead atoms. The predicted octanol–water partition coefficient (Wildman–Crippen LogP) is 5.62. The van der Waals surface area contributed by atoms with E-state index < -0.39 is 15.8 Å². The molecule has 0 aliphatic heterocycles. The molecule has 2 N–H and O–H groups in total. The SMILES string of the molecule is O=S(=O)(Nc1nc2ccccc2nc1Nc1cccc(F)c1)c1cc(Cl)ccc1Cl. The molecular formula is C20H13Cl2FN4O2S. The number of hydrogen-bond donors (Lipinski definition) is 2. The first kappa shape index (κ1) is 20.3. The molecule has 0 spiro atoms. The highest BCUT2D eigenvalue weighted by Crippen LogP contribution is 2.30. The number of sulfonamides is 1. The van der Waals surface area contributed by atoms with E-state index in [1.807, 2.05) is 0 Å². The van der Waals surface area contributed by atoms with Gasteiger partial charge in [-0.2, -0.15) is 0 Å². The second-order valence-electron chi connectivity index (χ2n) is 6.23. The lowest BCUT2D eigenvalue weighted by molar-refractivity contribution is 0.601. The molecule has 0 fully saturated rings.